The van der Waals surface area contributed by atoms with Gasteiger partial charge in [-0.3, -0.25) is 9.78 Å². The lowest BCUT2D eigenvalue weighted by Gasteiger charge is -1.95. The summed E-state index contributed by atoms with van der Waals surface area (Å²) >= 11 is 0. The topological polar surface area (TPSA) is 76.7 Å². The van der Waals surface area contributed by atoms with E-state index in [1.54, 1.807) is 4.57 Å². The molecule has 0 fully saturated rings. The Balaban J connectivity index is 0.000000531. The number of nitrogens with zero attached hydrogens (tertiary/aromatic N) is 2. The average Bonchev–Trinajstić information content (AvgIpc) is 2.45. The van der Waals surface area contributed by atoms with Crippen LogP contribution in [-0.2, 0) is 7.05 Å². The van der Waals surface area contributed by atoms with E-state index in [2.05, 4.69) is 9.97 Å². The van der Waals surface area contributed by atoms with Crippen LogP contribution in [0.4, 0.5) is 5.95 Å². The lowest BCUT2D eigenvalue weighted by Crippen LogP contribution is -2.11. The monoisotopic (exact) mass is 208 g/mol. The van der Waals surface area contributed by atoms with Crippen molar-refractivity contribution >= 4 is 17.0 Å². The summed E-state index contributed by atoms with van der Waals surface area (Å²) in [6.07, 6.45) is 1.85. The van der Waals surface area contributed by atoms with Gasteiger partial charge >= 0.3 is 0 Å². The van der Waals surface area contributed by atoms with E-state index in [-0.39, 0.29) is 11.5 Å². The zero-order valence-corrected chi connectivity index (χ0v) is 9.46. The summed E-state index contributed by atoms with van der Waals surface area (Å²) in [5.41, 5.74) is 6.78. The Hall–Kier alpha value is -1.78. The van der Waals surface area contributed by atoms with Gasteiger partial charge in [0.25, 0.3) is 5.56 Å². The van der Waals surface area contributed by atoms with Crippen LogP contribution >= 0.6 is 0 Å². The van der Waals surface area contributed by atoms with Crippen molar-refractivity contribution in [1.82, 2.24) is 14.5 Å². The highest BCUT2D eigenvalue weighted by molar-refractivity contribution is 5.79. The molecule has 5 nitrogen and oxygen atoms in total. The van der Waals surface area contributed by atoms with Gasteiger partial charge in [-0.25, -0.2) is 0 Å². The van der Waals surface area contributed by atoms with Crippen LogP contribution in [0.3, 0.4) is 0 Å². The molecule has 0 atom stereocenters. The highest BCUT2D eigenvalue weighted by atomic mass is 16.1. The zero-order chi connectivity index (χ0) is 11.6. The van der Waals surface area contributed by atoms with Gasteiger partial charge in [0.15, 0.2) is 0 Å². The smallest absolute Gasteiger partial charge is 0.262 e. The Kier molecular flexibility index (Phi) is 3.14. The predicted molar refractivity (Wildman–Crippen MR) is 61.8 cm³/mol. The molecule has 0 bridgehead atoms. The standard InChI is InChI=1S/C8H10N4O.C2H6/c1-4-3-12(2)6-5(4)7(13)11-8(9)10-6;1-2/h3H,1-2H3,(H3,9,10,11,13);1-2H3. The molecule has 0 saturated carbocycles. The third kappa shape index (κ3) is 1.86. The normalized spacial score (nSPS) is 9.87. The van der Waals surface area contributed by atoms with E-state index in [0.717, 1.165) is 5.56 Å². The molecule has 0 aliphatic carbocycles. The maximum atomic E-state index is 11.4. The first-order valence-corrected chi connectivity index (χ1v) is 4.91. The first-order chi connectivity index (χ1) is 7.09. The van der Waals surface area contributed by atoms with Gasteiger partial charge in [-0.1, -0.05) is 13.8 Å². The van der Waals surface area contributed by atoms with E-state index in [4.69, 9.17) is 5.73 Å². The van der Waals surface area contributed by atoms with Gasteiger partial charge in [0.1, 0.15) is 5.65 Å². The first-order valence-electron chi connectivity index (χ1n) is 4.91. The third-order valence-electron chi connectivity index (χ3n) is 2.03. The van der Waals surface area contributed by atoms with Gasteiger partial charge in [-0.2, -0.15) is 4.98 Å². The van der Waals surface area contributed by atoms with Crippen LogP contribution in [0.2, 0.25) is 0 Å². The van der Waals surface area contributed by atoms with E-state index in [0.29, 0.717) is 11.0 Å². The molecular formula is C10H16N4O. The van der Waals surface area contributed by atoms with Crippen LogP contribution in [0.15, 0.2) is 11.0 Å². The van der Waals surface area contributed by atoms with Crippen LogP contribution in [0.1, 0.15) is 19.4 Å². The molecule has 0 unspecified atom stereocenters. The number of hydrogen-bond donors (Lipinski definition) is 2. The van der Waals surface area contributed by atoms with Crippen LogP contribution in [0.25, 0.3) is 11.0 Å². The lowest BCUT2D eigenvalue weighted by molar-refractivity contribution is 0.940. The molecule has 0 aliphatic heterocycles. The van der Waals surface area contributed by atoms with Crippen LogP contribution in [-0.4, -0.2) is 14.5 Å². The number of nitrogens with two attached hydrogens (primary N) is 1. The summed E-state index contributed by atoms with van der Waals surface area (Å²) in [6.45, 7) is 5.87. The van der Waals surface area contributed by atoms with Crippen LogP contribution in [0, 0.1) is 6.92 Å². The minimum atomic E-state index is -0.180. The number of nitrogen functional groups attached to an aromatic ring is 1. The maximum Gasteiger partial charge on any atom is 0.262 e. The summed E-state index contributed by atoms with van der Waals surface area (Å²) in [5.74, 6) is 0.152. The highest BCUT2D eigenvalue weighted by Crippen LogP contribution is 2.13. The lowest BCUT2D eigenvalue weighted by atomic mass is 10.3. The Morgan fingerprint density at radius 3 is 2.67 bits per heavy atom. The Morgan fingerprint density at radius 2 is 2.07 bits per heavy atom. The number of aromatic nitrogens is 3. The Bertz CT molecular complexity index is 524. The minimum Gasteiger partial charge on any atom is -0.369 e. The largest absolute Gasteiger partial charge is 0.369 e. The van der Waals surface area contributed by atoms with E-state index in [1.165, 1.54) is 0 Å². The van der Waals surface area contributed by atoms with Crippen molar-refractivity contribution < 1.29 is 0 Å². The number of rotatable bonds is 0. The second-order valence-corrected chi connectivity index (χ2v) is 3.07. The summed E-state index contributed by atoms with van der Waals surface area (Å²) in [7, 11) is 1.83. The van der Waals surface area contributed by atoms with Crippen molar-refractivity contribution in [2.45, 2.75) is 20.8 Å². The molecular weight excluding hydrogens is 192 g/mol. The van der Waals surface area contributed by atoms with E-state index in [1.807, 2.05) is 34.0 Å². The SMILES string of the molecule is CC.Cc1cn(C)c2nc(N)[nH]c(=O)c12. The van der Waals surface area contributed by atoms with Crippen molar-refractivity contribution in [3.63, 3.8) is 0 Å². The average molecular weight is 208 g/mol. The van der Waals surface area contributed by atoms with Gasteiger partial charge < -0.3 is 10.3 Å². The van der Waals surface area contributed by atoms with Gasteiger partial charge in [0, 0.05) is 13.2 Å². The number of fused-ring (bicyclic) bond motifs is 1. The number of nitrogens with one attached hydrogen (secondary N) is 1. The summed E-state index contributed by atoms with van der Waals surface area (Å²) < 4.78 is 1.79. The molecule has 0 aromatic carbocycles. The van der Waals surface area contributed by atoms with Crippen molar-refractivity contribution in [2.24, 2.45) is 7.05 Å². The molecule has 2 rings (SSSR count). The van der Waals surface area contributed by atoms with E-state index < -0.39 is 0 Å². The first kappa shape index (κ1) is 11.3. The molecule has 2 aromatic heterocycles. The number of anilines is 1. The molecule has 0 saturated heterocycles. The highest BCUT2D eigenvalue weighted by Gasteiger charge is 2.08. The van der Waals surface area contributed by atoms with Gasteiger partial charge in [0.2, 0.25) is 5.95 Å². The molecule has 0 radical (unpaired) electrons. The second-order valence-electron chi connectivity index (χ2n) is 3.07. The van der Waals surface area contributed by atoms with E-state index in [9.17, 15) is 4.79 Å². The zero-order valence-electron chi connectivity index (χ0n) is 9.46. The van der Waals surface area contributed by atoms with Gasteiger partial charge in [-0.05, 0) is 12.5 Å². The van der Waals surface area contributed by atoms with Crippen molar-refractivity contribution in [2.75, 3.05) is 5.73 Å². The molecule has 0 amide bonds. The number of H-pyrrole nitrogens is 1. The third-order valence-corrected chi connectivity index (χ3v) is 2.03. The fourth-order valence-electron chi connectivity index (χ4n) is 1.51. The minimum absolute atomic E-state index is 0.152. The fraction of sp³-hybridized carbons (Fsp3) is 0.400. The van der Waals surface area contributed by atoms with Crippen molar-refractivity contribution in [3.8, 4) is 0 Å². The molecule has 0 spiro atoms. The van der Waals surface area contributed by atoms with Crippen LogP contribution < -0.4 is 11.3 Å². The van der Waals surface area contributed by atoms with Crippen LogP contribution in [0.5, 0.6) is 0 Å². The molecule has 15 heavy (non-hydrogen) atoms. The maximum absolute atomic E-state index is 11.4. The predicted octanol–water partition coefficient (Wildman–Crippen LogP) is 1.18. The van der Waals surface area contributed by atoms with Gasteiger partial charge in [-0.15, -0.1) is 0 Å². The number of aryl methyl sites for hydroxylation is 2. The summed E-state index contributed by atoms with van der Waals surface area (Å²) in [4.78, 5) is 18.0. The molecule has 3 N–H and O–H groups in total. The molecule has 82 valence electrons. The summed E-state index contributed by atoms with van der Waals surface area (Å²) in [6, 6.07) is 0. The Labute approximate surface area is 87.9 Å². The van der Waals surface area contributed by atoms with Crippen molar-refractivity contribution in [1.29, 1.82) is 0 Å². The molecule has 0 aliphatic rings. The Morgan fingerprint density at radius 1 is 1.47 bits per heavy atom. The summed E-state index contributed by atoms with van der Waals surface area (Å²) in [5, 5.41) is 0.608. The van der Waals surface area contributed by atoms with E-state index >= 15 is 0 Å². The quantitative estimate of drug-likeness (QED) is 0.682. The molecule has 5 heteroatoms. The number of hydrogen-bond acceptors (Lipinski definition) is 3. The number of aromatic amines is 1. The van der Waals surface area contributed by atoms with Crippen molar-refractivity contribution in [3.05, 3.63) is 22.1 Å². The fourth-order valence-corrected chi connectivity index (χ4v) is 1.51. The second kappa shape index (κ2) is 4.16. The van der Waals surface area contributed by atoms with Gasteiger partial charge in [0.05, 0.1) is 5.39 Å². The molecule has 2 aromatic rings. The molecule has 2 heterocycles.